The van der Waals surface area contributed by atoms with Gasteiger partial charge in [-0.1, -0.05) is 6.92 Å². The Balaban J connectivity index is 1.49. The number of hydrogen-bond donors (Lipinski definition) is 0. The van der Waals surface area contributed by atoms with Crippen molar-refractivity contribution in [1.82, 2.24) is 14.8 Å². The number of fused-ring (bicyclic) bond motifs is 1. The number of pyridine rings is 1. The van der Waals surface area contributed by atoms with E-state index in [1.807, 2.05) is 30.9 Å². The number of allylic oxidation sites excluding steroid dienone is 1. The summed E-state index contributed by atoms with van der Waals surface area (Å²) in [5.74, 6) is 0.797. The molecule has 184 valence electrons. The number of halogens is 1. The molecule has 8 nitrogen and oxygen atoms in total. The zero-order chi connectivity index (χ0) is 24.5. The van der Waals surface area contributed by atoms with E-state index in [1.54, 1.807) is 42.3 Å². The molecule has 9 heteroatoms. The second kappa shape index (κ2) is 9.74. The highest BCUT2D eigenvalue weighted by molar-refractivity contribution is 5.95. The molecular weight excluding hydrogens is 439 g/mol. The van der Waals surface area contributed by atoms with E-state index in [0.29, 0.717) is 62.8 Å². The van der Waals surface area contributed by atoms with Crippen molar-refractivity contribution in [3.05, 3.63) is 41.9 Å². The molecule has 3 aliphatic rings. The van der Waals surface area contributed by atoms with Crippen LogP contribution in [0.3, 0.4) is 0 Å². The summed E-state index contributed by atoms with van der Waals surface area (Å²) in [6, 6.07) is 1.60. The monoisotopic (exact) mass is 472 g/mol. The van der Waals surface area contributed by atoms with Gasteiger partial charge in [0.1, 0.15) is 12.3 Å². The number of carbonyl (C=O) groups excluding carboxylic acids is 2. The maximum atomic E-state index is 14.1. The molecular formula is C25H33FN4O4. The van der Waals surface area contributed by atoms with Crippen LogP contribution < -0.4 is 9.64 Å². The fourth-order valence-electron chi connectivity index (χ4n) is 4.53. The molecule has 0 bridgehead atoms. The number of ether oxygens (including phenoxy) is 2. The molecule has 4 rings (SSSR count). The predicted octanol–water partition coefficient (Wildman–Crippen LogP) is 3.16. The zero-order valence-electron chi connectivity index (χ0n) is 20.3. The van der Waals surface area contributed by atoms with Gasteiger partial charge in [0.15, 0.2) is 11.6 Å². The van der Waals surface area contributed by atoms with Gasteiger partial charge in [0.25, 0.3) is 5.91 Å². The molecule has 2 unspecified atom stereocenters. The molecule has 2 atom stereocenters. The number of alkyl halides is 1. The Kier molecular flexibility index (Phi) is 6.93. The number of aromatic nitrogens is 1. The SMILES string of the molecule is COCC(C)C(=O)N1C=CC(N2CCOc3cc(C(=O)N4CCC(C)(F)CC4)cnc32)=CC1C. The molecule has 1 aromatic rings. The van der Waals surface area contributed by atoms with Crippen LogP contribution >= 0.6 is 0 Å². The lowest BCUT2D eigenvalue weighted by atomic mass is 9.95. The summed E-state index contributed by atoms with van der Waals surface area (Å²) >= 11 is 0. The number of amides is 2. The largest absolute Gasteiger partial charge is 0.488 e. The molecule has 0 aliphatic carbocycles. The van der Waals surface area contributed by atoms with Crippen molar-refractivity contribution >= 4 is 17.6 Å². The van der Waals surface area contributed by atoms with Gasteiger partial charge in [-0.25, -0.2) is 9.37 Å². The van der Waals surface area contributed by atoms with Crippen LogP contribution in [0.1, 0.15) is 44.0 Å². The average Bonchev–Trinajstić information content (AvgIpc) is 2.82. The smallest absolute Gasteiger partial charge is 0.255 e. The first-order chi connectivity index (χ1) is 16.2. The highest BCUT2D eigenvalue weighted by Gasteiger charge is 2.33. The van der Waals surface area contributed by atoms with E-state index in [0.717, 1.165) is 5.70 Å². The lowest BCUT2D eigenvalue weighted by molar-refractivity contribution is -0.134. The van der Waals surface area contributed by atoms with Gasteiger partial charge in [-0.2, -0.15) is 0 Å². The normalized spacial score (nSPS) is 22.6. The first-order valence-electron chi connectivity index (χ1n) is 11.8. The summed E-state index contributed by atoms with van der Waals surface area (Å²) in [5, 5.41) is 0. The second-order valence-electron chi connectivity index (χ2n) is 9.50. The van der Waals surface area contributed by atoms with Crippen LogP contribution in [0.4, 0.5) is 10.2 Å². The van der Waals surface area contributed by atoms with Gasteiger partial charge in [0, 0.05) is 38.3 Å². The van der Waals surface area contributed by atoms with E-state index < -0.39 is 5.67 Å². The second-order valence-corrected chi connectivity index (χ2v) is 9.50. The van der Waals surface area contributed by atoms with Gasteiger partial charge >= 0.3 is 0 Å². The molecule has 0 N–H and O–H groups in total. The van der Waals surface area contributed by atoms with Crippen molar-refractivity contribution in [2.75, 3.05) is 44.9 Å². The minimum absolute atomic E-state index is 0.00958. The van der Waals surface area contributed by atoms with E-state index >= 15 is 0 Å². The van der Waals surface area contributed by atoms with E-state index in [1.165, 1.54) is 0 Å². The summed E-state index contributed by atoms with van der Waals surface area (Å²) < 4.78 is 25.1. The van der Waals surface area contributed by atoms with Crippen LogP contribution in [-0.2, 0) is 9.53 Å². The van der Waals surface area contributed by atoms with Gasteiger partial charge in [-0.05, 0) is 44.9 Å². The number of rotatable bonds is 5. The summed E-state index contributed by atoms with van der Waals surface area (Å²) in [5.41, 5.74) is 0.147. The number of likely N-dealkylation sites (tertiary alicyclic amines) is 1. The minimum Gasteiger partial charge on any atom is -0.488 e. The fourth-order valence-corrected chi connectivity index (χ4v) is 4.53. The van der Waals surface area contributed by atoms with Crippen LogP contribution in [0, 0.1) is 5.92 Å². The van der Waals surface area contributed by atoms with Gasteiger partial charge in [0.2, 0.25) is 5.91 Å². The molecule has 0 aromatic carbocycles. The lowest BCUT2D eigenvalue weighted by Gasteiger charge is -2.36. The molecule has 0 radical (unpaired) electrons. The molecule has 0 spiro atoms. The van der Waals surface area contributed by atoms with Crippen LogP contribution in [0.2, 0.25) is 0 Å². The van der Waals surface area contributed by atoms with E-state index in [-0.39, 0.29) is 23.8 Å². The van der Waals surface area contributed by atoms with Crippen molar-refractivity contribution in [2.24, 2.45) is 5.92 Å². The number of hydrogen-bond acceptors (Lipinski definition) is 6. The number of anilines is 1. The highest BCUT2D eigenvalue weighted by Crippen LogP contribution is 2.35. The number of nitrogens with zero attached hydrogens (tertiary/aromatic N) is 4. The number of piperidine rings is 1. The first-order valence-corrected chi connectivity index (χ1v) is 11.8. The molecule has 2 amide bonds. The van der Waals surface area contributed by atoms with Gasteiger partial charge < -0.3 is 24.2 Å². The maximum Gasteiger partial charge on any atom is 0.255 e. The standard InChI is InChI=1S/C25H33FN4O4/c1-17(16-33-4)23(31)29-8-5-20(13-18(29)2)30-11-12-34-21-14-19(15-27-22(21)30)24(32)28-9-6-25(3,26)7-10-28/h5,8,13-15,17-18H,6-7,9-12,16H2,1-4H3. The lowest BCUT2D eigenvalue weighted by Crippen LogP contribution is -2.43. The predicted molar refractivity (Wildman–Crippen MR) is 126 cm³/mol. The van der Waals surface area contributed by atoms with Crippen molar-refractivity contribution in [1.29, 1.82) is 0 Å². The Morgan fingerprint density at radius 2 is 2.06 bits per heavy atom. The molecule has 1 saturated heterocycles. The van der Waals surface area contributed by atoms with Gasteiger partial charge in [-0.3, -0.25) is 9.59 Å². The summed E-state index contributed by atoms with van der Waals surface area (Å²) in [4.78, 5) is 35.6. The summed E-state index contributed by atoms with van der Waals surface area (Å²) in [6.07, 6.45) is 7.96. The first kappa shape index (κ1) is 24.2. The third-order valence-corrected chi connectivity index (χ3v) is 6.66. The third-order valence-electron chi connectivity index (χ3n) is 6.66. The van der Waals surface area contributed by atoms with Crippen LogP contribution in [-0.4, -0.2) is 78.3 Å². The van der Waals surface area contributed by atoms with Crippen molar-refractivity contribution < 1.29 is 23.5 Å². The Hall–Kier alpha value is -2.94. The molecule has 34 heavy (non-hydrogen) atoms. The van der Waals surface area contributed by atoms with Crippen LogP contribution in [0.25, 0.3) is 0 Å². The molecule has 1 aromatic heterocycles. The number of methoxy groups -OCH3 is 1. The molecule has 3 aliphatic heterocycles. The van der Waals surface area contributed by atoms with Gasteiger partial charge in [0.05, 0.1) is 30.7 Å². The number of carbonyl (C=O) groups is 2. The summed E-state index contributed by atoms with van der Waals surface area (Å²) in [7, 11) is 1.59. The fraction of sp³-hybridized carbons (Fsp3) is 0.560. The summed E-state index contributed by atoms with van der Waals surface area (Å²) in [6.45, 7) is 7.62. The minimum atomic E-state index is -1.21. The third kappa shape index (κ3) is 4.94. The highest BCUT2D eigenvalue weighted by atomic mass is 19.1. The Morgan fingerprint density at radius 3 is 2.74 bits per heavy atom. The van der Waals surface area contributed by atoms with Crippen molar-refractivity contribution in [3.8, 4) is 5.75 Å². The van der Waals surface area contributed by atoms with E-state index in [9.17, 15) is 14.0 Å². The topological polar surface area (TPSA) is 75.2 Å². The zero-order valence-corrected chi connectivity index (χ0v) is 20.3. The van der Waals surface area contributed by atoms with Crippen molar-refractivity contribution in [2.45, 2.75) is 45.3 Å². The maximum absolute atomic E-state index is 14.1. The van der Waals surface area contributed by atoms with Crippen LogP contribution in [0.5, 0.6) is 5.75 Å². The van der Waals surface area contributed by atoms with Crippen molar-refractivity contribution in [3.63, 3.8) is 0 Å². The Morgan fingerprint density at radius 1 is 1.32 bits per heavy atom. The Labute approximate surface area is 200 Å². The molecule has 1 fully saturated rings. The van der Waals surface area contributed by atoms with E-state index in [2.05, 4.69) is 4.98 Å². The average molecular weight is 473 g/mol. The van der Waals surface area contributed by atoms with Crippen LogP contribution in [0.15, 0.2) is 36.3 Å². The van der Waals surface area contributed by atoms with Gasteiger partial charge in [-0.15, -0.1) is 0 Å². The quantitative estimate of drug-likeness (QED) is 0.656. The Bertz CT molecular complexity index is 999. The van der Waals surface area contributed by atoms with E-state index in [4.69, 9.17) is 9.47 Å². The molecule has 0 saturated carbocycles. The molecule has 4 heterocycles.